The first-order chi connectivity index (χ1) is 17.8. The summed E-state index contributed by atoms with van der Waals surface area (Å²) in [4.78, 5) is 29.8. The van der Waals surface area contributed by atoms with Crippen LogP contribution in [0.25, 0.3) is 22.4 Å². The van der Waals surface area contributed by atoms with Crippen molar-refractivity contribution < 1.29 is 19.4 Å². The SMILES string of the molecule is Cc1cc(-c2nc3cc(CN[C@H](C(=O)OC4CCC4)[C@@H](C)O)ccc3n2CC2CCCO2)cn(C)c1=O. The molecule has 9 heteroatoms. The first kappa shape index (κ1) is 25.6. The van der Waals surface area contributed by atoms with E-state index < -0.39 is 18.1 Å². The van der Waals surface area contributed by atoms with Crippen LogP contribution in [0.5, 0.6) is 0 Å². The number of pyridine rings is 1. The number of nitrogens with zero attached hydrogens (tertiary/aromatic N) is 3. The molecule has 1 aliphatic heterocycles. The number of fused-ring (bicyclic) bond motifs is 1. The minimum Gasteiger partial charge on any atom is -0.461 e. The number of carbonyl (C=O) groups excluding carboxylic acids is 1. The number of nitrogens with one attached hydrogen (secondary N) is 1. The second-order valence-corrected chi connectivity index (χ2v) is 10.4. The summed E-state index contributed by atoms with van der Waals surface area (Å²) in [6, 6.07) is 7.14. The van der Waals surface area contributed by atoms with Gasteiger partial charge in [0.05, 0.1) is 29.8 Å². The van der Waals surface area contributed by atoms with Crippen LogP contribution in [-0.2, 0) is 34.4 Å². The highest BCUT2D eigenvalue weighted by Crippen LogP contribution is 2.28. The maximum Gasteiger partial charge on any atom is 0.326 e. The van der Waals surface area contributed by atoms with Crippen molar-refractivity contribution in [2.45, 2.75) is 83.4 Å². The van der Waals surface area contributed by atoms with Gasteiger partial charge in [-0.25, -0.2) is 4.98 Å². The minimum absolute atomic E-state index is 0.0256. The molecule has 37 heavy (non-hydrogen) atoms. The van der Waals surface area contributed by atoms with E-state index in [0.29, 0.717) is 18.7 Å². The Morgan fingerprint density at radius 1 is 1.27 bits per heavy atom. The van der Waals surface area contributed by atoms with Crippen LogP contribution >= 0.6 is 0 Å². The molecular weight excluding hydrogens is 472 g/mol. The molecule has 2 fully saturated rings. The standard InChI is InChI=1S/C28H36N4O5/c1-17-12-20(15-31(3)27(17)34)26-30-23-13-19(9-10-24(23)32(26)16-22-8-5-11-36-22)14-29-25(18(2)33)28(35)37-21-6-4-7-21/h9-10,12-13,15,18,21-22,25,29,33H,4-8,11,14,16H2,1-3H3/t18-,22?,25+/m1/s1. The molecule has 3 heterocycles. The first-order valence-electron chi connectivity index (χ1n) is 13.2. The first-order valence-corrected chi connectivity index (χ1v) is 13.2. The molecule has 2 aromatic heterocycles. The van der Waals surface area contributed by atoms with Gasteiger partial charge in [0.15, 0.2) is 0 Å². The number of carbonyl (C=O) groups is 1. The number of aryl methyl sites for hydroxylation is 2. The zero-order valence-electron chi connectivity index (χ0n) is 21.8. The van der Waals surface area contributed by atoms with Crippen molar-refractivity contribution in [3.8, 4) is 11.4 Å². The Hall–Kier alpha value is -3.01. The van der Waals surface area contributed by atoms with Crippen molar-refractivity contribution in [1.29, 1.82) is 0 Å². The monoisotopic (exact) mass is 508 g/mol. The average molecular weight is 509 g/mol. The van der Waals surface area contributed by atoms with E-state index in [0.717, 1.165) is 66.7 Å². The Kier molecular flexibility index (Phi) is 7.46. The number of aromatic nitrogens is 3. The quantitative estimate of drug-likeness (QED) is 0.428. The molecule has 0 amide bonds. The summed E-state index contributed by atoms with van der Waals surface area (Å²) in [5.41, 5.74) is 4.27. The average Bonchev–Trinajstić information content (AvgIpc) is 3.47. The minimum atomic E-state index is -0.874. The maximum atomic E-state index is 12.6. The molecule has 0 bridgehead atoms. The maximum absolute atomic E-state index is 12.6. The summed E-state index contributed by atoms with van der Waals surface area (Å²) >= 11 is 0. The fraction of sp³-hybridized carbons (Fsp3) is 0.536. The lowest BCUT2D eigenvalue weighted by Crippen LogP contribution is -2.47. The smallest absolute Gasteiger partial charge is 0.326 e. The lowest BCUT2D eigenvalue weighted by atomic mass is 9.96. The summed E-state index contributed by atoms with van der Waals surface area (Å²) in [7, 11) is 1.75. The van der Waals surface area contributed by atoms with E-state index in [2.05, 4.69) is 9.88 Å². The van der Waals surface area contributed by atoms with Crippen molar-refractivity contribution in [3.05, 3.63) is 51.9 Å². The van der Waals surface area contributed by atoms with Gasteiger partial charge in [-0.3, -0.25) is 14.9 Å². The predicted octanol–water partition coefficient (Wildman–Crippen LogP) is 2.82. The van der Waals surface area contributed by atoms with Crippen molar-refractivity contribution in [3.63, 3.8) is 0 Å². The van der Waals surface area contributed by atoms with Crippen LogP contribution in [0.2, 0.25) is 0 Å². The number of esters is 1. The normalized spacial score (nSPS) is 19.6. The highest BCUT2D eigenvalue weighted by Gasteiger charge is 2.30. The molecule has 1 aromatic carbocycles. The Morgan fingerprint density at radius 2 is 2.08 bits per heavy atom. The fourth-order valence-corrected chi connectivity index (χ4v) is 5.09. The van der Waals surface area contributed by atoms with Gasteiger partial charge in [-0.15, -0.1) is 0 Å². The molecule has 198 valence electrons. The molecule has 2 aliphatic rings. The number of imidazole rings is 1. The van der Waals surface area contributed by atoms with Crippen LogP contribution < -0.4 is 10.9 Å². The topological polar surface area (TPSA) is 108 Å². The number of aliphatic hydroxyl groups is 1. The van der Waals surface area contributed by atoms with Gasteiger partial charge < -0.3 is 23.7 Å². The molecule has 3 atom stereocenters. The van der Waals surface area contributed by atoms with E-state index >= 15 is 0 Å². The third kappa shape index (κ3) is 5.49. The number of hydrogen-bond donors (Lipinski definition) is 2. The number of ether oxygens (including phenoxy) is 2. The Bertz CT molecular complexity index is 1310. The highest BCUT2D eigenvalue weighted by molar-refractivity contribution is 5.81. The van der Waals surface area contributed by atoms with Gasteiger partial charge in [-0.2, -0.15) is 0 Å². The molecule has 1 saturated carbocycles. The summed E-state index contributed by atoms with van der Waals surface area (Å²) in [5, 5.41) is 13.4. The molecule has 3 aromatic rings. The van der Waals surface area contributed by atoms with E-state index in [9.17, 15) is 14.7 Å². The lowest BCUT2D eigenvalue weighted by Gasteiger charge is -2.28. The van der Waals surface area contributed by atoms with Crippen molar-refractivity contribution in [1.82, 2.24) is 19.4 Å². The molecule has 0 spiro atoms. The van der Waals surface area contributed by atoms with Crippen LogP contribution in [0.4, 0.5) is 0 Å². The molecule has 2 N–H and O–H groups in total. The number of rotatable bonds is 9. The van der Waals surface area contributed by atoms with Crippen LogP contribution in [0, 0.1) is 6.92 Å². The van der Waals surface area contributed by atoms with Crippen LogP contribution in [0.15, 0.2) is 35.3 Å². The number of aliphatic hydroxyl groups excluding tert-OH is 1. The van der Waals surface area contributed by atoms with Crippen LogP contribution in [-0.4, -0.2) is 56.2 Å². The zero-order chi connectivity index (χ0) is 26.1. The lowest BCUT2D eigenvalue weighted by molar-refractivity contribution is -0.158. The van der Waals surface area contributed by atoms with E-state index in [1.807, 2.05) is 37.4 Å². The Morgan fingerprint density at radius 3 is 2.73 bits per heavy atom. The van der Waals surface area contributed by atoms with Gasteiger partial charge in [0.2, 0.25) is 0 Å². The molecule has 1 unspecified atom stereocenters. The van der Waals surface area contributed by atoms with Gasteiger partial charge in [-0.1, -0.05) is 6.07 Å². The summed E-state index contributed by atoms with van der Waals surface area (Å²) in [5.74, 6) is 0.384. The van der Waals surface area contributed by atoms with E-state index in [1.165, 1.54) is 0 Å². The number of benzene rings is 1. The van der Waals surface area contributed by atoms with Gasteiger partial charge in [0.25, 0.3) is 5.56 Å². The molecule has 1 aliphatic carbocycles. The van der Waals surface area contributed by atoms with E-state index in [4.69, 9.17) is 14.5 Å². The van der Waals surface area contributed by atoms with Crippen LogP contribution in [0.3, 0.4) is 0 Å². The second-order valence-electron chi connectivity index (χ2n) is 10.4. The Balaban J connectivity index is 1.43. The van der Waals surface area contributed by atoms with E-state index in [-0.39, 0.29) is 17.8 Å². The van der Waals surface area contributed by atoms with E-state index in [1.54, 1.807) is 18.5 Å². The van der Waals surface area contributed by atoms with Gasteiger partial charge in [0, 0.05) is 37.5 Å². The number of hydrogen-bond acceptors (Lipinski definition) is 7. The van der Waals surface area contributed by atoms with Gasteiger partial charge in [-0.05, 0) is 69.7 Å². The summed E-state index contributed by atoms with van der Waals surface area (Å²) in [6.07, 6.45) is 5.96. The van der Waals surface area contributed by atoms with Gasteiger partial charge >= 0.3 is 5.97 Å². The predicted molar refractivity (Wildman–Crippen MR) is 140 cm³/mol. The molecular formula is C28H36N4O5. The summed E-state index contributed by atoms with van der Waals surface area (Å²) < 4.78 is 15.2. The van der Waals surface area contributed by atoms with Crippen molar-refractivity contribution in [2.75, 3.05) is 6.61 Å². The Labute approximate surface area is 216 Å². The molecule has 1 saturated heterocycles. The third-order valence-electron chi connectivity index (χ3n) is 7.44. The fourth-order valence-electron chi connectivity index (χ4n) is 5.09. The molecule has 9 nitrogen and oxygen atoms in total. The van der Waals surface area contributed by atoms with Crippen molar-refractivity contribution in [2.24, 2.45) is 7.05 Å². The summed E-state index contributed by atoms with van der Waals surface area (Å²) in [6.45, 7) is 5.25. The highest BCUT2D eigenvalue weighted by atomic mass is 16.5. The van der Waals surface area contributed by atoms with Gasteiger partial charge in [0.1, 0.15) is 18.0 Å². The molecule has 5 rings (SSSR count). The van der Waals surface area contributed by atoms with Crippen molar-refractivity contribution >= 4 is 17.0 Å². The largest absolute Gasteiger partial charge is 0.461 e. The zero-order valence-corrected chi connectivity index (χ0v) is 21.8. The second kappa shape index (κ2) is 10.8. The third-order valence-corrected chi connectivity index (χ3v) is 7.44. The molecule has 0 radical (unpaired) electrons. The van der Waals surface area contributed by atoms with Crippen LogP contribution in [0.1, 0.15) is 50.2 Å².